The average molecular weight is 401 g/mol. The van der Waals surface area contributed by atoms with E-state index in [1.54, 1.807) is 6.20 Å². The fourth-order valence-electron chi connectivity index (χ4n) is 3.54. The highest BCUT2D eigenvalue weighted by Gasteiger charge is 2.18. The molecule has 152 valence electrons. The smallest absolute Gasteiger partial charge is 0.369 e. The fourth-order valence-corrected chi connectivity index (χ4v) is 3.54. The zero-order chi connectivity index (χ0) is 20.4. The highest BCUT2D eigenvalue weighted by Crippen LogP contribution is 2.23. The zero-order valence-electron chi connectivity index (χ0n) is 15.9. The summed E-state index contributed by atoms with van der Waals surface area (Å²) in [5.41, 5.74) is 8.29. The number of nitrogens with two attached hydrogens (primary N) is 1. The van der Waals surface area contributed by atoms with E-state index in [1.165, 1.54) is 10.1 Å². The molecule has 0 bridgehead atoms. The summed E-state index contributed by atoms with van der Waals surface area (Å²) in [5.74, 6) is 0. The Morgan fingerprint density at radius 3 is 2.48 bits per heavy atom. The minimum Gasteiger partial charge on any atom is -0.369 e. The molecule has 0 atom stereocenters. The number of halogens is 2. The van der Waals surface area contributed by atoms with Gasteiger partial charge in [-0.2, -0.15) is 18.3 Å². The number of benzene rings is 1. The number of piperazine rings is 1. The lowest BCUT2D eigenvalue weighted by Gasteiger charge is -2.29. The van der Waals surface area contributed by atoms with Gasteiger partial charge in [0.2, 0.25) is 0 Å². The molecule has 1 saturated heterocycles. The molecule has 1 aliphatic rings. The topological polar surface area (TPSA) is 83.2 Å². The summed E-state index contributed by atoms with van der Waals surface area (Å²) in [6, 6.07) is 11.9. The number of rotatable bonds is 5. The Balaban J connectivity index is 1.62. The lowest BCUT2D eigenvalue weighted by Crippen LogP contribution is -2.43. The van der Waals surface area contributed by atoms with Gasteiger partial charge in [0.15, 0.2) is 0 Å². The van der Waals surface area contributed by atoms with E-state index in [4.69, 9.17) is 5.73 Å². The number of aromatic amines is 1. The predicted molar refractivity (Wildman–Crippen MR) is 107 cm³/mol. The van der Waals surface area contributed by atoms with E-state index >= 15 is 0 Å². The molecule has 0 saturated carbocycles. The standard InChI is InChI=1S/C20H22F2N6O/c21-19(22)16(12-23)13-28-20(29)27-8-5-15(11-18(27)25-28)14-1-3-17(4-2-14)26-9-6-24-7-10-26/h1-5,8,11,24H,6-7,9-10,12-13,23H2/p+1. The molecule has 4 rings (SSSR count). The summed E-state index contributed by atoms with van der Waals surface area (Å²) >= 11 is 0. The molecule has 3 aromatic rings. The second-order valence-corrected chi connectivity index (χ2v) is 7.00. The normalized spacial score (nSPS) is 14.4. The van der Waals surface area contributed by atoms with Crippen LogP contribution in [0.4, 0.5) is 14.5 Å². The zero-order valence-corrected chi connectivity index (χ0v) is 15.9. The largest absolute Gasteiger partial charge is 0.476 e. The van der Waals surface area contributed by atoms with Crippen molar-refractivity contribution in [2.45, 2.75) is 6.54 Å². The molecule has 0 unspecified atom stereocenters. The number of nitrogens with one attached hydrogen (secondary N) is 2. The fraction of sp³-hybridized carbons (Fsp3) is 0.300. The highest BCUT2D eigenvalue weighted by molar-refractivity contribution is 5.68. The molecule has 0 radical (unpaired) electrons. The van der Waals surface area contributed by atoms with Crippen molar-refractivity contribution in [2.24, 2.45) is 5.73 Å². The van der Waals surface area contributed by atoms with Crippen molar-refractivity contribution in [1.82, 2.24) is 15.1 Å². The van der Waals surface area contributed by atoms with Gasteiger partial charge in [-0.3, -0.25) is 0 Å². The van der Waals surface area contributed by atoms with Crippen LogP contribution in [0.5, 0.6) is 0 Å². The van der Waals surface area contributed by atoms with E-state index in [0.29, 0.717) is 5.65 Å². The third-order valence-electron chi connectivity index (χ3n) is 5.19. The number of hydrogen-bond donors (Lipinski definition) is 3. The minimum absolute atomic E-state index is 0.270. The number of hydrogen-bond acceptors (Lipinski definition) is 4. The van der Waals surface area contributed by atoms with Crippen molar-refractivity contribution >= 4 is 11.3 Å². The van der Waals surface area contributed by atoms with E-state index in [1.807, 2.05) is 24.3 Å². The van der Waals surface area contributed by atoms with E-state index in [-0.39, 0.29) is 18.7 Å². The maximum absolute atomic E-state index is 12.9. The van der Waals surface area contributed by atoms with Crippen LogP contribution in [0.25, 0.3) is 16.8 Å². The van der Waals surface area contributed by atoms with Gasteiger partial charge >= 0.3 is 5.69 Å². The lowest BCUT2D eigenvalue weighted by molar-refractivity contribution is -0.530. The van der Waals surface area contributed by atoms with Crippen LogP contribution in [0.1, 0.15) is 0 Å². The summed E-state index contributed by atoms with van der Waals surface area (Å²) in [6.45, 7) is 3.35. The Morgan fingerprint density at radius 2 is 1.83 bits per heavy atom. The van der Waals surface area contributed by atoms with Gasteiger partial charge in [-0.25, -0.2) is 4.79 Å². The molecule has 0 spiro atoms. The number of pyridine rings is 1. The lowest BCUT2D eigenvalue weighted by atomic mass is 10.1. The summed E-state index contributed by atoms with van der Waals surface area (Å²) in [4.78, 5) is 14.8. The van der Waals surface area contributed by atoms with Crippen LogP contribution in [0.2, 0.25) is 0 Å². The first kappa shape index (κ1) is 19.3. The van der Waals surface area contributed by atoms with E-state index in [0.717, 1.165) is 42.0 Å². The summed E-state index contributed by atoms with van der Waals surface area (Å²) in [7, 11) is 0. The molecule has 1 fully saturated rings. The third-order valence-corrected chi connectivity index (χ3v) is 5.19. The van der Waals surface area contributed by atoms with Crippen molar-refractivity contribution in [2.75, 3.05) is 37.6 Å². The molecule has 1 aromatic carbocycles. The number of H-pyrrole nitrogens is 1. The number of fused-ring (bicyclic) bond motifs is 1. The van der Waals surface area contributed by atoms with Crippen LogP contribution in [0.15, 0.2) is 59.0 Å². The Hall–Kier alpha value is -3.04. The number of nitrogens with zero attached hydrogens (tertiary/aromatic N) is 3. The van der Waals surface area contributed by atoms with Crippen molar-refractivity contribution in [3.63, 3.8) is 0 Å². The van der Waals surface area contributed by atoms with Crippen LogP contribution in [0.3, 0.4) is 0 Å². The van der Waals surface area contributed by atoms with Crippen LogP contribution in [0, 0.1) is 0 Å². The van der Waals surface area contributed by atoms with Crippen LogP contribution < -0.4 is 26.0 Å². The van der Waals surface area contributed by atoms with Crippen LogP contribution >= 0.6 is 0 Å². The van der Waals surface area contributed by atoms with Gasteiger partial charge in [0.05, 0.1) is 6.20 Å². The SMILES string of the molecule is NCC(Cn1[nH]c2cc(-c3ccc(N4CCNCC4)cc3)cc[n+]2c1=O)=C(F)F. The van der Waals surface area contributed by atoms with Gasteiger partial charge < -0.3 is 16.0 Å². The summed E-state index contributed by atoms with van der Waals surface area (Å²) in [5, 5.41) is 6.23. The molecular weight excluding hydrogens is 378 g/mol. The van der Waals surface area contributed by atoms with Gasteiger partial charge in [-0.1, -0.05) is 12.1 Å². The van der Waals surface area contributed by atoms with Gasteiger partial charge in [0, 0.05) is 50.1 Å². The average Bonchev–Trinajstić information content (AvgIpc) is 3.07. The van der Waals surface area contributed by atoms with Gasteiger partial charge in [-0.05, 0) is 29.3 Å². The first-order valence-corrected chi connectivity index (χ1v) is 9.50. The maximum atomic E-state index is 12.9. The Kier molecular flexibility index (Phi) is 5.41. The van der Waals surface area contributed by atoms with Crippen molar-refractivity contribution in [3.8, 4) is 11.1 Å². The molecule has 4 N–H and O–H groups in total. The van der Waals surface area contributed by atoms with E-state index in [2.05, 4.69) is 27.4 Å². The van der Waals surface area contributed by atoms with Crippen molar-refractivity contribution < 1.29 is 13.2 Å². The van der Waals surface area contributed by atoms with Gasteiger partial charge in [0.1, 0.15) is 6.54 Å². The molecule has 0 amide bonds. The quantitative estimate of drug-likeness (QED) is 0.559. The predicted octanol–water partition coefficient (Wildman–Crippen LogP) is 1.10. The number of aromatic nitrogens is 3. The molecule has 1 aliphatic heterocycles. The summed E-state index contributed by atoms with van der Waals surface area (Å²) < 4.78 is 28.3. The van der Waals surface area contributed by atoms with Gasteiger partial charge in [0.25, 0.3) is 11.7 Å². The first-order valence-electron chi connectivity index (χ1n) is 9.50. The molecule has 0 aliphatic carbocycles. The van der Waals surface area contributed by atoms with Crippen LogP contribution in [-0.2, 0) is 6.54 Å². The Morgan fingerprint density at radius 1 is 1.10 bits per heavy atom. The van der Waals surface area contributed by atoms with E-state index in [9.17, 15) is 13.6 Å². The Bertz CT molecular complexity index is 1090. The van der Waals surface area contributed by atoms with Gasteiger partial charge in [-0.15, -0.1) is 4.68 Å². The molecule has 3 heterocycles. The third kappa shape index (κ3) is 3.92. The van der Waals surface area contributed by atoms with Crippen molar-refractivity contribution in [3.05, 3.63) is 64.7 Å². The van der Waals surface area contributed by atoms with Crippen LogP contribution in [-0.4, -0.2) is 42.5 Å². The molecule has 9 heteroatoms. The van der Waals surface area contributed by atoms with Crippen molar-refractivity contribution in [1.29, 1.82) is 0 Å². The molecule has 2 aromatic heterocycles. The first-order chi connectivity index (χ1) is 14.1. The minimum atomic E-state index is -1.85. The second kappa shape index (κ2) is 8.14. The molecular formula is C20H23F2N6O+. The Labute approximate surface area is 166 Å². The maximum Gasteiger partial charge on any atom is 0.476 e. The molecule has 29 heavy (non-hydrogen) atoms. The number of anilines is 1. The van der Waals surface area contributed by atoms with E-state index < -0.39 is 11.8 Å². The summed E-state index contributed by atoms with van der Waals surface area (Å²) in [6.07, 6.45) is -0.213. The monoisotopic (exact) mass is 401 g/mol. The molecule has 7 nitrogen and oxygen atoms in total. The highest BCUT2D eigenvalue weighted by atomic mass is 19.3. The second-order valence-electron chi connectivity index (χ2n) is 7.00.